The monoisotopic (exact) mass is 280 g/mol. The Kier molecular flexibility index (Phi) is 5.96. The largest absolute Gasteiger partial charge is 0.493 e. The van der Waals surface area contributed by atoms with Gasteiger partial charge in [0.1, 0.15) is 5.75 Å². The van der Waals surface area contributed by atoms with Crippen LogP contribution in [0.4, 0.5) is 0 Å². The molecule has 0 unspecified atom stereocenters. The van der Waals surface area contributed by atoms with Crippen LogP contribution in [0.1, 0.15) is 46.6 Å². The molecule has 4 nitrogen and oxygen atoms in total. The van der Waals surface area contributed by atoms with Crippen molar-refractivity contribution in [2.45, 2.75) is 58.7 Å². The summed E-state index contributed by atoms with van der Waals surface area (Å²) in [6.45, 7) is 11.9. The normalized spacial score (nSPS) is 12.5. The lowest BCUT2D eigenvalue weighted by Crippen LogP contribution is -2.35. The van der Waals surface area contributed by atoms with Gasteiger partial charge in [0.15, 0.2) is 0 Å². The highest BCUT2D eigenvalue weighted by Gasteiger charge is 2.17. The van der Waals surface area contributed by atoms with Gasteiger partial charge in [0.05, 0.1) is 12.2 Å². The highest BCUT2D eigenvalue weighted by molar-refractivity contribution is 5.30. The van der Waals surface area contributed by atoms with Gasteiger partial charge in [-0.2, -0.15) is 0 Å². The van der Waals surface area contributed by atoms with E-state index in [-0.39, 0.29) is 11.1 Å². The molecule has 1 N–H and O–H groups in total. The van der Waals surface area contributed by atoms with Crippen LogP contribution in [-0.4, -0.2) is 29.8 Å². The first-order valence-corrected chi connectivity index (χ1v) is 7.09. The van der Waals surface area contributed by atoms with Crippen LogP contribution in [-0.2, 0) is 11.3 Å². The van der Waals surface area contributed by atoms with Crippen molar-refractivity contribution in [3.63, 3.8) is 0 Å². The Morgan fingerprint density at radius 2 is 1.90 bits per heavy atom. The van der Waals surface area contributed by atoms with Crippen LogP contribution in [0, 0.1) is 0 Å². The van der Waals surface area contributed by atoms with Crippen LogP contribution in [0.3, 0.4) is 0 Å². The molecule has 0 aliphatic heterocycles. The van der Waals surface area contributed by atoms with E-state index < -0.39 is 0 Å². The molecule has 0 aliphatic carbocycles. The number of ether oxygens (including phenoxy) is 2. The minimum atomic E-state index is -0.156. The molecule has 0 spiro atoms. The van der Waals surface area contributed by atoms with Gasteiger partial charge in [0, 0.05) is 43.6 Å². The second kappa shape index (κ2) is 7.04. The lowest BCUT2D eigenvalue weighted by Gasteiger charge is -2.24. The lowest BCUT2D eigenvalue weighted by molar-refractivity contribution is 0.00536. The minimum Gasteiger partial charge on any atom is -0.493 e. The molecule has 0 aliphatic rings. The molecule has 0 fully saturated rings. The first-order valence-electron chi connectivity index (χ1n) is 7.09. The van der Waals surface area contributed by atoms with Gasteiger partial charge >= 0.3 is 0 Å². The quantitative estimate of drug-likeness (QED) is 0.833. The van der Waals surface area contributed by atoms with Crippen molar-refractivity contribution in [1.82, 2.24) is 10.3 Å². The van der Waals surface area contributed by atoms with Gasteiger partial charge in [-0.05, 0) is 40.7 Å². The molecule has 0 bridgehead atoms. The van der Waals surface area contributed by atoms with Gasteiger partial charge in [-0.1, -0.05) is 0 Å². The molecule has 1 heterocycles. The molecule has 0 saturated heterocycles. The van der Waals surface area contributed by atoms with E-state index in [1.54, 1.807) is 13.3 Å². The third-order valence-electron chi connectivity index (χ3n) is 3.18. The lowest BCUT2D eigenvalue weighted by atomic mass is 10.1. The van der Waals surface area contributed by atoms with Crippen molar-refractivity contribution in [1.29, 1.82) is 0 Å². The molecule has 4 heteroatoms. The number of hydrogen-bond acceptors (Lipinski definition) is 4. The number of nitrogens with one attached hydrogen (secondary N) is 1. The predicted octanol–water partition coefficient (Wildman–Crippen LogP) is 3.16. The van der Waals surface area contributed by atoms with E-state index in [1.165, 1.54) is 0 Å². The van der Waals surface area contributed by atoms with Gasteiger partial charge in [-0.3, -0.25) is 4.98 Å². The van der Waals surface area contributed by atoms with E-state index in [2.05, 4.69) is 44.9 Å². The highest BCUT2D eigenvalue weighted by Crippen LogP contribution is 2.19. The fourth-order valence-corrected chi connectivity index (χ4v) is 1.56. The summed E-state index contributed by atoms with van der Waals surface area (Å²) in [5, 5.41) is 3.45. The summed E-state index contributed by atoms with van der Waals surface area (Å²) < 4.78 is 11.3. The number of pyridine rings is 1. The second-order valence-electron chi connectivity index (χ2n) is 6.65. The molecule has 0 amide bonds. The predicted molar refractivity (Wildman–Crippen MR) is 82.0 cm³/mol. The molecule has 0 radical (unpaired) electrons. The summed E-state index contributed by atoms with van der Waals surface area (Å²) in [6.07, 6.45) is 4.46. The fourth-order valence-electron chi connectivity index (χ4n) is 1.56. The average molecular weight is 280 g/mol. The first-order chi connectivity index (χ1) is 9.23. The molecular formula is C16H28N2O2. The maximum Gasteiger partial charge on any atom is 0.126 e. The Bertz CT molecular complexity index is 411. The summed E-state index contributed by atoms with van der Waals surface area (Å²) in [5.41, 5.74) is 1.000. The number of hydrogen-bond donors (Lipinski definition) is 1. The fraction of sp³-hybridized carbons (Fsp3) is 0.688. The van der Waals surface area contributed by atoms with Crippen molar-refractivity contribution in [2.75, 3.05) is 13.7 Å². The Hall–Kier alpha value is -1.13. The van der Waals surface area contributed by atoms with Crippen LogP contribution >= 0.6 is 0 Å². The second-order valence-corrected chi connectivity index (χ2v) is 6.65. The Morgan fingerprint density at radius 1 is 1.20 bits per heavy atom. The van der Waals surface area contributed by atoms with Crippen LogP contribution in [0.15, 0.2) is 18.5 Å². The zero-order valence-electron chi connectivity index (χ0n) is 13.6. The summed E-state index contributed by atoms with van der Waals surface area (Å²) in [6, 6.07) is 1.92. The third-order valence-corrected chi connectivity index (χ3v) is 3.18. The van der Waals surface area contributed by atoms with Gasteiger partial charge in [0.25, 0.3) is 0 Å². The van der Waals surface area contributed by atoms with Crippen LogP contribution in [0.25, 0.3) is 0 Å². The molecule has 1 rings (SSSR count). The van der Waals surface area contributed by atoms with E-state index in [9.17, 15) is 0 Å². The molecular weight excluding hydrogens is 252 g/mol. The summed E-state index contributed by atoms with van der Waals surface area (Å²) in [7, 11) is 1.73. The van der Waals surface area contributed by atoms with Crippen molar-refractivity contribution in [2.24, 2.45) is 0 Å². The van der Waals surface area contributed by atoms with E-state index in [0.717, 1.165) is 24.3 Å². The molecule has 0 atom stereocenters. The van der Waals surface area contributed by atoms with E-state index in [4.69, 9.17) is 9.47 Å². The van der Waals surface area contributed by atoms with Crippen LogP contribution < -0.4 is 10.1 Å². The first kappa shape index (κ1) is 16.9. The molecule has 114 valence electrons. The van der Waals surface area contributed by atoms with E-state index in [1.807, 2.05) is 12.3 Å². The van der Waals surface area contributed by atoms with Crippen molar-refractivity contribution in [3.8, 4) is 5.75 Å². The van der Waals surface area contributed by atoms with Crippen molar-refractivity contribution >= 4 is 0 Å². The Labute approximate surface area is 122 Å². The molecule has 1 aromatic heterocycles. The smallest absolute Gasteiger partial charge is 0.126 e. The zero-order chi connectivity index (χ0) is 15.2. The summed E-state index contributed by atoms with van der Waals surface area (Å²) >= 11 is 0. The van der Waals surface area contributed by atoms with Crippen molar-refractivity contribution in [3.05, 3.63) is 24.0 Å². The van der Waals surface area contributed by atoms with E-state index >= 15 is 0 Å². The highest BCUT2D eigenvalue weighted by atomic mass is 16.5. The van der Waals surface area contributed by atoms with Gasteiger partial charge < -0.3 is 14.8 Å². The third kappa shape index (κ3) is 6.35. The van der Waals surface area contributed by atoms with Gasteiger partial charge in [-0.15, -0.1) is 0 Å². The standard InChI is InChI=1S/C16H28N2O2/c1-15(2,3)18-12-13-11-17-9-7-14(13)20-10-8-16(4,5)19-6/h7,9,11,18H,8,10,12H2,1-6H3. The molecule has 1 aromatic rings. The summed E-state index contributed by atoms with van der Waals surface area (Å²) in [4.78, 5) is 4.17. The SMILES string of the molecule is COC(C)(C)CCOc1ccncc1CNC(C)(C)C. The number of methoxy groups -OCH3 is 1. The average Bonchev–Trinajstić information content (AvgIpc) is 2.36. The minimum absolute atomic E-state index is 0.0746. The number of aromatic nitrogens is 1. The number of nitrogens with zero attached hydrogens (tertiary/aromatic N) is 1. The maximum absolute atomic E-state index is 5.88. The Balaban J connectivity index is 2.57. The van der Waals surface area contributed by atoms with Crippen LogP contribution in [0.2, 0.25) is 0 Å². The summed E-state index contributed by atoms with van der Waals surface area (Å²) in [5.74, 6) is 0.892. The number of rotatable bonds is 7. The topological polar surface area (TPSA) is 43.4 Å². The maximum atomic E-state index is 5.88. The zero-order valence-corrected chi connectivity index (χ0v) is 13.6. The van der Waals surface area contributed by atoms with Gasteiger partial charge in [-0.25, -0.2) is 0 Å². The molecule has 20 heavy (non-hydrogen) atoms. The van der Waals surface area contributed by atoms with Gasteiger partial charge in [0.2, 0.25) is 0 Å². The molecule has 0 saturated carbocycles. The molecule has 0 aromatic carbocycles. The van der Waals surface area contributed by atoms with E-state index in [0.29, 0.717) is 6.61 Å². The Morgan fingerprint density at radius 3 is 2.50 bits per heavy atom. The van der Waals surface area contributed by atoms with Crippen molar-refractivity contribution < 1.29 is 9.47 Å². The van der Waals surface area contributed by atoms with Crippen LogP contribution in [0.5, 0.6) is 5.75 Å².